The highest BCUT2D eigenvalue weighted by atomic mass is 32.2. The Morgan fingerprint density at radius 3 is 2.39 bits per heavy atom. The van der Waals surface area contributed by atoms with Gasteiger partial charge in [0.1, 0.15) is 5.03 Å². The first-order valence-corrected chi connectivity index (χ1v) is 11.9. The Bertz CT molecular complexity index is 1050. The van der Waals surface area contributed by atoms with E-state index in [4.69, 9.17) is 4.74 Å². The van der Waals surface area contributed by atoms with E-state index in [-0.39, 0.29) is 18.6 Å². The quantitative estimate of drug-likeness (QED) is 0.508. The van der Waals surface area contributed by atoms with Crippen LogP contribution in [0, 0.1) is 0 Å². The van der Waals surface area contributed by atoms with Crippen molar-refractivity contribution < 1.29 is 14.3 Å². The molecule has 0 saturated carbocycles. The number of benzene rings is 2. The summed E-state index contributed by atoms with van der Waals surface area (Å²) in [5.74, 6) is -0.819. The van der Waals surface area contributed by atoms with Gasteiger partial charge in [0.25, 0.3) is 5.91 Å². The number of carbonyl (C=O) groups is 2. The van der Waals surface area contributed by atoms with Crippen LogP contribution in [-0.2, 0) is 16.1 Å². The molecule has 4 rings (SSSR count). The molecule has 7 heteroatoms. The van der Waals surface area contributed by atoms with Gasteiger partial charge in [-0.25, -0.2) is 9.78 Å². The summed E-state index contributed by atoms with van der Waals surface area (Å²) in [6.45, 7) is 2.48. The molecule has 2 aromatic carbocycles. The molecule has 1 aliphatic heterocycles. The largest absolute Gasteiger partial charge is 0.452 e. The predicted octanol–water partition coefficient (Wildman–Crippen LogP) is 4.17. The number of carbonyl (C=O) groups excluding carboxylic acids is 2. The monoisotopic (exact) mass is 461 g/mol. The second-order valence-corrected chi connectivity index (χ2v) is 9.01. The van der Waals surface area contributed by atoms with Gasteiger partial charge >= 0.3 is 5.97 Å². The summed E-state index contributed by atoms with van der Waals surface area (Å²) in [5, 5.41) is 3.56. The van der Waals surface area contributed by atoms with Crippen molar-refractivity contribution in [1.82, 2.24) is 15.2 Å². The number of nitrogens with one attached hydrogen (secondary N) is 1. The highest BCUT2D eigenvalue weighted by Gasteiger charge is 2.22. The molecule has 0 atom stereocenters. The van der Waals surface area contributed by atoms with Gasteiger partial charge in [0.2, 0.25) is 0 Å². The van der Waals surface area contributed by atoms with Crippen LogP contribution in [0.25, 0.3) is 0 Å². The van der Waals surface area contributed by atoms with E-state index in [9.17, 15) is 9.59 Å². The van der Waals surface area contributed by atoms with Crippen molar-refractivity contribution >= 4 is 23.6 Å². The summed E-state index contributed by atoms with van der Waals surface area (Å²) in [4.78, 5) is 32.7. The average Bonchev–Trinajstić information content (AvgIpc) is 2.85. The predicted molar refractivity (Wildman–Crippen MR) is 128 cm³/mol. The summed E-state index contributed by atoms with van der Waals surface area (Å²) in [5.41, 5.74) is 1.65. The molecule has 0 radical (unpaired) electrons. The molecule has 0 unspecified atom stereocenters. The first-order valence-electron chi connectivity index (χ1n) is 11.1. The number of esters is 1. The molecule has 0 aliphatic carbocycles. The Morgan fingerprint density at radius 2 is 1.67 bits per heavy atom. The third kappa shape index (κ3) is 6.91. The van der Waals surface area contributed by atoms with Crippen molar-refractivity contribution in [3.05, 3.63) is 90.1 Å². The lowest BCUT2D eigenvalue weighted by Crippen LogP contribution is -2.45. The van der Waals surface area contributed by atoms with Crippen LogP contribution in [0.15, 0.2) is 88.9 Å². The Hall–Kier alpha value is -3.16. The van der Waals surface area contributed by atoms with Crippen LogP contribution in [0.5, 0.6) is 0 Å². The Morgan fingerprint density at radius 1 is 0.970 bits per heavy atom. The highest BCUT2D eigenvalue weighted by molar-refractivity contribution is 7.99. The molecule has 6 nitrogen and oxygen atoms in total. The third-order valence-electron chi connectivity index (χ3n) is 5.48. The number of likely N-dealkylation sites (tertiary alicyclic amines) is 1. The van der Waals surface area contributed by atoms with Gasteiger partial charge in [-0.05, 0) is 42.7 Å². The third-order valence-corrected chi connectivity index (χ3v) is 6.51. The summed E-state index contributed by atoms with van der Waals surface area (Å²) in [6.07, 6.45) is 3.40. The number of piperidine rings is 1. The van der Waals surface area contributed by atoms with E-state index in [2.05, 4.69) is 39.5 Å². The molecule has 1 aliphatic rings. The summed E-state index contributed by atoms with van der Waals surface area (Å²) in [6, 6.07) is 23.6. The fourth-order valence-electron chi connectivity index (χ4n) is 3.78. The Balaban J connectivity index is 1.22. The SMILES string of the molecule is O=C(COC(=O)c1cccnc1Sc1ccccc1)NC1CCN(Cc2ccccc2)CC1. The van der Waals surface area contributed by atoms with Gasteiger partial charge < -0.3 is 10.1 Å². The number of ether oxygens (including phenoxy) is 1. The van der Waals surface area contributed by atoms with E-state index in [1.807, 2.05) is 36.4 Å². The van der Waals surface area contributed by atoms with Crippen molar-refractivity contribution in [1.29, 1.82) is 0 Å². The molecule has 1 amide bonds. The zero-order valence-electron chi connectivity index (χ0n) is 18.4. The van der Waals surface area contributed by atoms with Crippen LogP contribution in [0.1, 0.15) is 28.8 Å². The molecule has 170 valence electrons. The van der Waals surface area contributed by atoms with Crippen LogP contribution in [0.4, 0.5) is 0 Å². The number of amides is 1. The van der Waals surface area contributed by atoms with Gasteiger partial charge in [0, 0.05) is 36.8 Å². The molecular formula is C26H27N3O3S. The van der Waals surface area contributed by atoms with E-state index in [1.165, 1.54) is 17.3 Å². The van der Waals surface area contributed by atoms with Crippen molar-refractivity contribution in [3.8, 4) is 0 Å². The van der Waals surface area contributed by atoms with Gasteiger partial charge in [-0.15, -0.1) is 0 Å². The lowest BCUT2D eigenvalue weighted by atomic mass is 10.0. The zero-order valence-corrected chi connectivity index (χ0v) is 19.2. The lowest BCUT2D eigenvalue weighted by Gasteiger charge is -2.32. The molecule has 1 fully saturated rings. The number of pyridine rings is 1. The maximum Gasteiger partial charge on any atom is 0.341 e. The number of aromatic nitrogens is 1. The van der Waals surface area contributed by atoms with Crippen molar-refractivity contribution in [2.75, 3.05) is 19.7 Å². The van der Waals surface area contributed by atoms with Crippen LogP contribution in [0.3, 0.4) is 0 Å². The second kappa shape index (κ2) is 11.6. The van der Waals surface area contributed by atoms with Crippen LogP contribution >= 0.6 is 11.8 Å². The van der Waals surface area contributed by atoms with Gasteiger partial charge in [-0.2, -0.15) is 0 Å². The van der Waals surface area contributed by atoms with Crippen LogP contribution < -0.4 is 5.32 Å². The minimum Gasteiger partial charge on any atom is -0.452 e. The summed E-state index contributed by atoms with van der Waals surface area (Å²) >= 11 is 1.39. The van der Waals surface area contributed by atoms with E-state index in [0.717, 1.165) is 37.4 Å². The van der Waals surface area contributed by atoms with Crippen LogP contribution in [0.2, 0.25) is 0 Å². The molecule has 33 heavy (non-hydrogen) atoms. The van der Waals surface area contributed by atoms with E-state index >= 15 is 0 Å². The number of hydrogen-bond donors (Lipinski definition) is 1. The van der Waals surface area contributed by atoms with Crippen molar-refractivity contribution in [3.63, 3.8) is 0 Å². The van der Waals surface area contributed by atoms with Gasteiger partial charge in [-0.1, -0.05) is 60.3 Å². The fraction of sp³-hybridized carbons (Fsp3) is 0.269. The zero-order chi connectivity index (χ0) is 22.9. The minimum absolute atomic E-state index is 0.103. The summed E-state index contributed by atoms with van der Waals surface area (Å²) < 4.78 is 5.30. The highest BCUT2D eigenvalue weighted by Crippen LogP contribution is 2.28. The molecule has 1 aromatic heterocycles. The standard InChI is InChI=1S/C26H27N3O3S/c30-24(28-21-13-16-29(17-14-21)18-20-8-3-1-4-9-20)19-32-26(31)23-12-7-15-27-25(23)33-22-10-5-2-6-11-22/h1-12,15,21H,13-14,16-19H2,(H,28,30). The van der Waals surface area contributed by atoms with Gasteiger partial charge in [0.05, 0.1) is 5.56 Å². The molecular weight excluding hydrogens is 434 g/mol. The Kier molecular flexibility index (Phi) is 8.11. The van der Waals surface area contributed by atoms with Crippen molar-refractivity contribution in [2.24, 2.45) is 0 Å². The van der Waals surface area contributed by atoms with Crippen LogP contribution in [-0.4, -0.2) is 47.5 Å². The van der Waals surface area contributed by atoms with Gasteiger partial charge in [-0.3, -0.25) is 9.69 Å². The molecule has 0 spiro atoms. The molecule has 1 saturated heterocycles. The van der Waals surface area contributed by atoms with Crippen molar-refractivity contribution in [2.45, 2.75) is 35.3 Å². The first-order chi connectivity index (χ1) is 16.2. The number of rotatable bonds is 8. The second-order valence-electron chi connectivity index (χ2n) is 7.95. The number of hydrogen-bond acceptors (Lipinski definition) is 6. The minimum atomic E-state index is -0.547. The lowest BCUT2D eigenvalue weighted by molar-refractivity contribution is -0.125. The Labute approximate surface area is 198 Å². The molecule has 3 aromatic rings. The summed E-state index contributed by atoms with van der Waals surface area (Å²) in [7, 11) is 0. The first kappa shape index (κ1) is 23.0. The maximum absolute atomic E-state index is 12.6. The molecule has 1 N–H and O–H groups in total. The maximum atomic E-state index is 12.6. The van der Waals surface area contributed by atoms with E-state index < -0.39 is 5.97 Å². The number of nitrogens with zero attached hydrogens (tertiary/aromatic N) is 2. The molecule has 2 heterocycles. The van der Waals surface area contributed by atoms with Gasteiger partial charge in [0.15, 0.2) is 6.61 Å². The average molecular weight is 462 g/mol. The smallest absolute Gasteiger partial charge is 0.341 e. The normalized spacial score (nSPS) is 14.5. The topological polar surface area (TPSA) is 71.5 Å². The van der Waals surface area contributed by atoms with E-state index in [0.29, 0.717) is 10.6 Å². The molecule has 0 bridgehead atoms. The van der Waals surface area contributed by atoms with E-state index in [1.54, 1.807) is 18.3 Å². The fourth-order valence-corrected chi connectivity index (χ4v) is 4.67.